The highest BCUT2D eigenvalue weighted by molar-refractivity contribution is 5.60. The Hall–Kier alpha value is -2.12. The molecular weight excluding hydrogens is 224 g/mol. The summed E-state index contributed by atoms with van der Waals surface area (Å²) in [7, 11) is 0. The van der Waals surface area contributed by atoms with Crippen molar-refractivity contribution in [2.45, 2.75) is 25.9 Å². The van der Waals surface area contributed by atoms with E-state index in [4.69, 9.17) is 6.42 Å². The van der Waals surface area contributed by atoms with Crippen molar-refractivity contribution in [3.8, 4) is 23.6 Å². The molecule has 0 saturated carbocycles. The maximum Gasteiger partial charge on any atom is 0.117 e. The number of H-pyrrole nitrogens is 1. The highest BCUT2D eigenvalue weighted by atomic mass is 15.3. The van der Waals surface area contributed by atoms with E-state index in [9.17, 15) is 0 Å². The number of rotatable bonds is 5. The molecule has 0 spiro atoms. The monoisotopic (exact) mass is 240 g/mol. The van der Waals surface area contributed by atoms with Crippen LogP contribution in [0.4, 0.5) is 0 Å². The minimum atomic E-state index is 0.0744. The summed E-state index contributed by atoms with van der Waals surface area (Å²) in [6.07, 6.45) is 6.31. The standard InChI is InChI=1S/C14H16N4/c1-3-12(4-2)15-10-13-14(17-18-16-13)11-8-6-5-7-9-11/h1,5-9,12,15H,4,10H2,2H3,(H,16,17,18). The molecule has 1 heterocycles. The predicted octanol–water partition coefficient (Wildman–Crippen LogP) is 1.97. The lowest BCUT2D eigenvalue weighted by Gasteiger charge is -2.09. The van der Waals surface area contributed by atoms with Crippen LogP contribution >= 0.6 is 0 Å². The van der Waals surface area contributed by atoms with Crippen LogP contribution in [0.2, 0.25) is 0 Å². The lowest BCUT2D eigenvalue weighted by molar-refractivity contribution is 0.585. The van der Waals surface area contributed by atoms with Gasteiger partial charge in [0.25, 0.3) is 0 Å². The molecule has 0 aliphatic heterocycles. The number of benzene rings is 1. The Bertz CT molecular complexity index is 524. The van der Waals surface area contributed by atoms with E-state index in [1.54, 1.807) is 0 Å². The molecule has 0 aliphatic rings. The Balaban J connectivity index is 2.12. The summed E-state index contributed by atoms with van der Waals surface area (Å²) in [6, 6.07) is 10.0. The van der Waals surface area contributed by atoms with Gasteiger partial charge in [-0.1, -0.05) is 43.2 Å². The van der Waals surface area contributed by atoms with Crippen LogP contribution in [0.3, 0.4) is 0 Å². The van der Waals surface area contributed by atoms with Crippen molar-refractivity contribution in [2.24, 2.45) is 0 Å². The van der Waals surface area contributed by atoms with Crippen LogP contribution in [-0.2, 0) is 6.54 Å². The molecule has 0 bridgehead atoms. The van der Waals surface area contributed by atoms with Crippen molar-refractivity contribution < 1.29 is 0 Å². The van der Waals surface area contributed by atoms with Crippen LogP contribution < -0.4 is 5.32 Å². The normalized spacial score (nSPS) is 12.0. The lowest BCUT2D eigenvalue weighted by Crippen LogP contribution is -2.26. The van der Waals surface area contributed by atoms with Gasteiger partial charge in [0.15, 0.2) is 0 Å². The zero-order valence-corrected chi connectivity index (χ0v) is 10.4. The fourth-order valence-electron chi connectivity index (χ4n) is 1.74. The van der Waals surface area contributed by atoms with Crippen LogP contribution in [0.1, 0.15) is 19.0 Å². The molecule has 4 heteroatoms. The summed E-state index contributed by atoms with van der Waals surface area (Å²) < 4.78 is 0. The minimum absolute atomic E-state index is 0.0744. The first-order valence-electron chi connectivity index (χ1n) is 5.99. The van der Waals surface area contributed by atoms with Crippen LogP contribution in [0.15, 0.2) is 30.3 Å². The fourth-order valence-corrected chi connectivity index (χ4v) is 1.74. The molecule has 0 radical (unpaired) electrons. The van der Waals surface area contributed by atoms with E-state index < -0.39 is 0 Å². The summed E-state index contributed by atoms with van der Waals surface area (Å²) in [6.45, 7) is 2.67. The first kappa shape index (κ1) is 12.3. The van der Waals surface area contributed by atoms with Gasteiger partial charge in [-0.3, -0.25) is 5.32 Å². The third-order valence-electron chi connectivity index (χ3n) is 2.79. The summed E-state index contributed by atoms with van der Waals surface area (Å²) in [5.74, 6) is 2.70. The Morgan fingerprint density at radius 3 is 2.78 bits per heavy atom. The van der Waals surface area contributed by atoms with E-state index in [2.05, 4.69) is 33.6 Å². The van der Waals surface area contributed by atoms with Crippen molar-refractivity contribution >= 4 is 0 Å². The summed E-state index contributed by atoms with van der Waals surface area (Å²) in [5, 5.41) is 14.3. The third-order valence-corrected chi connectivity index (χ3v) is 2.79. The molecular formula is C14H16N4. The quantitative estimate of drug-likeness (QED) is 0.786. The van der Waals surface area contributed by atoms with Gasteiger partial charge in [-0.05, 0) is 6.42 Å². The fraction of sp³-hybridized carbons (Fsp3) is 0.286. The van der Waals surface area contributed by atoms with Crippen molar-refractivity contribution in [1.82, 2.24) is 20.7 Å². The third kappa shape index (κ3) is 2.76. The average Bonchev–Trinajstić information content (AvgIpc) is 2.89. The molecule has 1 aromatic carbocycles. The van der Waals surface area contributed by atoms with Crippen molar-refractivity contribution in [2.75, 3.05) is 0 Å². The number of nitrogens with zero attached hydrogens (tertiary/aromatic N) is 2. The van der Waals surface area contributed by atoms with Gasteiger partial charge >= 0.3 is 0 Å². The molecule has 18 heavy (non-hydrogen) atoms. The topological polar surface area (TPSA) is 53.6 Å². The number of aromatic amines is 1. The second kappa shape index (κ2) is 5.99. The summed E-state index contributed by atoms with van der Waals surface area (Å²) in [5.41, 5.74) is 2.81. The molecule has 2 N–H and O–H groups in total. The Labute approximate surface area is 107 Å². The molecule has 92 valence electrons. The van der Waals surface area contributed by atoms with Crippen LogP contribution in [-0.4, -0.2) is 21.5 Å². The van der Waals surface area contributed by atoms with E-state index in [-0.39, 0.29) is 6.04 Å². The number of aromatic nitrogens is 3. The van der Waals surface area contributed by atoms with E-state index >= 15 is 0 Å². The maximum atomic E-state index is 5.42. The molecule has 2 rings (SSSR count). The zero-order chi connectivity index (χ0) is 12.8. The summed E-state index contributed by atoms with van der Waals surface area (Å²) in [4.78, 5) is 0. The Morgan fingerprint density at radius 2 is 2.11 bits per heavy atom. The summed E-state index contributed by atoms with van der Waals surface area (Å²) >= 11 is 0. The minimum Gasteiger partial charge on any atom is -0.298 e. The molecule has 0 saturated heterocycles. The van der Waals surface area contributed by atoms with Gasteiger partial charge in [-0.2, -0.15) is 15.4 Å². The predicted molar refractivity (Wildman–Crippen MR) is 71.6 cm³/mol. The average molecular weight is 240 g/mol. The Morgan fingerprint density at radius 1 is 1.33 bits per heavy atom. The van der Waals surface area contributed by atoms with E-state index in [1.165, 1.54) is 0 Å². The van der Waals surface area contributed by atoms with Gasteiger partial charge in [-0.15, -0.1) is 6.42 Å². The van der Waals surface area contributed by atoms with Gasteiger partial charge in [0.05, 0.1) is 6.04 Å². The van der Waals surface area contributed by atoms with E-state index in [0.29, 0.717) is 6.54 Å². The zero-order valence-electron chi connectivity index (χ0n) is 10.4. The molecule has 0 fully saturated rings. The number of hydrogen-bond donors (Lipinski definition) is 2. The maximum absolute atomic E-state index is 5.42. The number of hydrogen-bond acceptors (Lipinski definition) is 3. The molecule has 1 aromatic heterocycles. The smallest absolute Gasteiger partial charge is 0.117 e. The van der Waals surface area contributed by atoms with Crippen LogP contribution in [0, 0.1) is 12.3 Å². The van der Waals surface area contributed by atoms with Gasteiger partial charge in [0.2, 0.25) is 0 Å². The van der Waals surface area contributed by atoms with Gasteiger partial charge in [-0.25, -0.2) is 0 Å². The molecule has 2 aromatic rings. The van der Waals surface area contributed by atoms with Crippen molar-refractivity contribution in [3.05, 3.63) is 36.0 Å². The van der Waals surface area contributed by atoms with Gasteiger partial charge in [0.1, 0.15) is 11.4 Å². The second-order valence-corrected chi connectivity index (χ2v) is 3.99. The highest BCUT2D eigenvalue weighted by Gasteiger charge is 2.10. The second-order valence-electron chi connectivity index (χ2n) is 3.99. The molecule has 0 amide bonds. The SMILES string of the molecule is C#CC(CC)NCc1n[nH]nc1-c1ccccc1. The number of terminal acetylenes is 1. The first-order valence-corrected chi connectivity index (χ1v) is 5.99. The highest BCUT2D eigenvalue weighted by Crippen LogP contribution is 2.18. The van der Waals surface area contributed by atoms with Gasteiger partial charge in [0, 0.05) is 12.1 Å². The van der Waals surface area contributed by atoms with Crippen molar-refractivity contribution in [1.29, 1.82) is 0 Å². The number of nitrogens with one attached hydrogen (secondary N) is 2. The molecule has 0 aliphatic carbocycles. The molecule has 1 atom stereocenters. The largest absolute Gasteiger partial charge is 0.298 e. The first-order chi connectivity index (χ1) is 8.85. The lowest BCUT2D eigenvalue weighted by atomic mass is 10.1. The van der Waals surface area contributed by atoms with E-state index in [0.717, 1.165) is 23.4 Å². The molecule has 1 unspecified atom stereocenters. The van der Waals surface area contributed by atoms with Crippen LogP contribution in [0.5, 0.6) is 0 Å². The Kier molecular flexibility index (Phi) is 4.11. The molecule has 4 nitrogen and oxygen atoms in total. The van der Waals surface area contributed by atoms with E-state index in [1.807, 2.05) is 30.3 Å². The van der Waals surface area contributed by atoms with Crippen LogP contribution in [0.25, 0.3) is 11.3 Å². The van der Waals surface area contributed by atoms with Crippen molar-refractivity contribution in [3.63, 3.8) is 0 Å². The van der Waals surface area contributed by atoms with Gasteiger partial charge < -0.3 is 0 Å².